The number of nitrogens with zero attached hydrogens (tertiary/aromatic N) is 1. The SMILES string of the molecule is Nc1ccc(SCCOc2cccc(C(=O)O)c2)nc1. The number of carboxylic acids is 1. The van der Waals surface area contributed by atoms with E-state index < -0.39 is 5.97 Å². The number of nitrogen functional groups attached to an aromatic ring is 1. The molecule has 104 valence electrons. The molecule has 5 nitrogen and oxygen atoms in total. The van der Waals surface area contributed by atoms with Crippen molar-refractivity contribution in [1.82, 2.24) is 4.98 Å². The van der Waals surface area contributed by atoms with Crippen LogP contribution in [0.2, 0.25) is 0 Å². The Labute approximate surface area is 120 Å². The Hall–Kier alpha value is -2.21. The molecule has 0 amide bonds. The van der Waals surface area contributed by atoms with Gasteiger partial charge in [0.2, 0.25) is 0 Å². The van der Waals surface area contributed by atoms with Crippen molar-refractivity contribution in [3.05, 3.63) is 48.2 Å². The Morgan fingerprint density at radius 2 is 2.20 bits per heavy atom. The van der Waals surface area contributed by atoms with Gasteiger partial charge in [0.15, 0.2) is 0 Å². The highest BCUT2D eigenvalue weighted by Crippen LogP contribution is 2.17. The summed E-state index contributed by atoms with van der Waals surface area (Å²) in [5.74, 6) is 0.306. The van der Waals surface area contributed by atoms with Crippen molar-refractivity contribution < 1.29 is 14.6 Å². The third-order valence-corrected chi connectivity index (χ3v) is 3.35. The van der Waals surface area contributed by atoms with Gasteiger partial charge in [0.05, 0.1) is 29.1 Å². The highest BCUT2D eigenvalue weighted by atomic mass is 32.2. The van der Waals surface area contributed by atoms with E-state index >= 15 is 0 Å². The number of hydrogen-bond donors (Lipinski definition) is 2. The lowest BCUT2D eigenvalue weighted by molar-refractivity contribution is 0.0696. The molecule has 6 heteroatoms. The van der Waals surface area contributed by atoms with Crippen molar-refractivity contribution in [2.24, 2.45) is 0 Å². The van der Waals surface area contributed by atoms with Crippen molar-refractivity contribution in [3.8, 4) is 5.75 Å². The second kappa shape index (κ2) is 6.81. The standard InChI is InChI=1S/C14H14N2O3S/c15-11-4-5-13(16-9-11)20-7-6-19-12-3-1-2-10(8-12)14(17)18/h1-5,8-9H,6-7,15H2,(H,17,18). The van der Waals surface area contributed by atoms with Crippen LogP contribution < -0.4 is 10.5 Å². The van der Waals surface area contributed by atoms with Gasteiger partial charge in [-0.15, -0.1) is 11.8 Å². The molecule has 0 radical (unpaired) electrons. The normalized spacial score (nSPS) is 10.2. The van der Waals surface area contributed by atoms with E-state index in [-0.39, 0.29) is 5.56 Å². The summed E-state index contributed by atoms with van der Waals surface area (Å²) in [6.45, 7) is 0.472. The molecule has 0 aliphatic rings. The number of rotatable bonds is 6. The molecule has 0 atom stereocenters. The summed E-state index contributed by atoms with van der Waals surface area (Å²) in [7, 11) is 0. The fourth-order valence-corrected chi connectivity index (χ4v) is 2.17. The number of aromatic nitrogens is 1. The minimum absolute atomic E-state index is 0.218. The summed E-state index contributed by atoms with van der Waals surface area (Å²) in [5.41, 5.74) is 6.40. The molecule has 3 N–H and O–H groups in total. The summed E-state index contributed by atoms with van der Waals surface area (Å²) < 4.78 is 5.51. The van der Waals surface area contributed by atoms with Gasteiger partial charge >= 0.3 is 5.97 Å². The third-order valence-electron chi connectivity index (χ3n) is 2.44. The molecule has 2 rings (SSSR count). The Balaban J connectivity index is 1.79. The molecule has 1 heterocycles. The average molecular weight is 290 g/mol. The van der Waals surface area contributed by atoms with Crippen molar-refractivity contribution in [1.29, 1.82) is 0 Å². The van der Waals surface area contributed by atoms with E-state index in [4.69, 9.17) is 15.6 Å². The van der Waals surface area contributed by atoms with Gasteiger partial charge in [-0.3, -0.25) is 0 Å². The van der Waals surface area contributed by atoms with E-state index in [1.54, 1.807) is 36.2 Å². The molecule has 0 saturated heterocycles. The molecule has 0 fully saturated rings. The van der Waals surface area contributed by atoms with Gasteiger partial charge in [-0.25, -0.2) is 9.78 Å². The molecule has 0 spiro atoms. The lowest BCUT2D eigenvalue weighted by atomic mass is 10.2. The van der Waals surface area contributed by atoms with E-state index in [1.807, 2.05) is 6.07 Å². The number of ether oxygens (including phenoxy) is 1. The summed E-state index contributed by atoms with van der Waals surface area (Å²) in [4.78, 5) is 15.0. The van der Waals surface area contributed by atoms with Crippen LogP contribution in [0.5, 0.6) is 5.75 Å². The molecule has 2 aromatic rings. The van der Waals surface area contributed by atoms with Crippen molar-refractivity contribution in [2.45, 2.75) is 5.03 Å². The molecule has 0 bridgehead atoms. The third kappa shape index (κ3) is 4.17. The van der Waals surface area contributed by atoms with Crippen LogP contribution in [0.1, 0.15) is 10.4 Å². The topological polar surface area (TPSA) is 85.4 Å². The second-order valence-electron chi connectivity index (χ2n) is 3.96. The lowest BCUT2D eigenvalue weighted by Crippen LogP contribution is -2.02. The Kier molecular flexibility index (Phi) is 4.84. The van der Waals surface area contributed by atoms with Crippen LogP contribution in [-0.2, 0) is 0 Å². The number of carboxylic acid groups (broad SMARTS) is 1. The van der Waals surface area contributed by atoms with Crippen LogP contribution in [0.25, 0.3) is 0 Å². The highest BCUT2D eigenvalue weighted by Gasteiger charge is 2.03. The molecular weight excluding hydrogens is 276 g/mol. The lowest BCUT2D eigenvalue weighted by Gasteiger charge is -2.06. The number of hydrogen-bond acceptors (Lipinski definition) is 5. The number of aromatic carboxylic acids is 1. The number of anilines is 1. The van der Waals surface area contributed by atoms with E-state index in [1.165, 1.54) is 12.1 Å². The predicted octanol–water partition coefficient (Wildman–Crippen LogP) is 2.53. The maximum atomic E-state index is 10.8. The first-order valence-corrected chi connectivity index (χ1v) is 6.94. The first kappa shape index (κ1) is 14.2. The number of thioether (sulfide) groups is 1. The van der Waals surface area contributed by atoms with Gasteiger partial charge in [0.25, 0.3) is 0 Å². The Morgan fingerprint density at radius 1 is 1.35 bits per heavy atom. The minimum Gasteiger partial charge on any atom is -0.493 e. The maximum absolute atomic E-state index is 10.8. The molecule has 0 unspecified atom stereocenters. The predicted molar refractivity (Wildman–Crippen MR) is 78.3 cm³/mol. The summed E-state index contributed by atoms with van der Waals surface area (Å²) >= 11 is 1.55. The largest absolute Gasteiger partial charge is 0.493 e. The van der Waals surface area contributed by atoms with Gasteiger partial charge < -0.3 is 15.6 Å². The minimum atomic E-state index is -0.962. The molecule has 0 aliphatic carbocycles. The molecule has 1 aromatic heterocycles. The summed E-state index contributed by atoms with van der Waals surface area (Å²) in [5, 5.41) is 9.75. The number of benzene rings is 1. The Morgan fingerprint density at radius 3 is 2.90 bits per heavy atom. The van der Waals surface area contributed by atoms with E-state index in [0.717, 1.165) is 5.03 Å². The van der Waals surface area contributed by atoms with Crippen LogP contribution in [0.3, 0.4) is 0 Å². The molecule has 20 heavy (non-hydrogen) atoms. The van der Waals surface area contributed by atoms with Crippen molar-refractivity contribution in [2.75, 3.05) is 18.1 Å². The maximum Gasteiger partial charge on any atom is 0.335 e. The smallest absolute Gasteiger partial charge is 0.335 e. The first-order valence-electron chi connectivity index (χ1n) is 5.95. The fraction of sp³-hybridized carbons (Fsp3) is 0.143. The average Bonchev–Trinajstić information content (AvgIpc) is 2.46. The van der Waals surface area contributed by atoms with E-state index in [9.17, 15) is 4.79 Å². The number of carbonyl (C=O) groups is 1. The van der Waals surface area contributed by atoms with Crippen LogP contribution in [0.15, 0.2) is 47.6 Å². The summed E-state index contributed by atoms with van der Waals surface area (Å²) in [6.07, 6.45) is 1.61. The zero-order valence-electron chi connectivity index (χ0n) is 10.7. The number of nitrogens with two attached hydrogens (primary N) is 1. The molecular formula is C14H14N2O3S. The Bertz CT molecular complexity index is 587. The van der Waals surface area contributed by atoms with Crippen LogP contribution >= 0.6 is 11.8 Å². The summed E-state index contributed by atoms with van der Waals surface area (Å²) in [6, 6.07) is 10.1. The van der Waals surface area contributed by atoms with Crippen molar-refractivity contribution >= 4 is 23.4 Å². The van der Waals surface area contributed by atoms with Crippen LogP contribution in [-0.4, -0.2) is 28.4 Å². The fourth-order valence-electron chi connectivity index (χ4n) is 1.50. The van der Waals surface area contributed by atoms with E-state index in [2.05, 4.69) is 4.98 Å². The van der Waals surface area contributed by atoms with Gasteiger partial charge in [-0.1, -0.05) is 6.07 Å². The van der Waals surface area contributed by atoms with Gasteiger partial charge in [-0.05, 0) is 30.3 Å². The van der Waals surface area contributed by atoms with Crippen molar-refractivity contribution in [3.63, 3.8) is 0 Å². The van der Waals surface area contributed by atoms with E-state index in [0.29, 0.717) is 23.8 Å². The highest BCUT2D eigenvalue weighted by molar-refractivity contribution is 7.99. The molecule has 0 saturated carbocycles. The quantitative estimate of drug-likeness (QED) is 0.628. The van der Waals surface area contributed by atoms with Crippen LogP contribution in [0.4, 0.5) is 5.69 Å². The monoisotopic (exact) mass is 290 g/mol. The number of pyridine rings is 1. The first-order chi connectivity index (χ1) is 9.65. The molecule has 0 aliphatic heterocycles. The van der Waals surface area contributed by atoms with Crippen LogP contribution in [0, 0.1) is 0 Å². The zero-order chi connectivity index (χ0) is 14.4. The molecule has 1 aromatic carbocycles. The van der Waals surface area contributed by atoms with Gasteiger partial charge in [0, 0.05) is 5.75 Å². The van der Waals surface area contributed by atoms with Gasteiger partial charge in [0.1, 0.15) is 5.75 Å². The second-order valence-corrected chi connectivity index (χ2v) is 5.07. The van der Waals surface area contributed by atoms with Gasteiger partial charge in [-0.2, -0.15) is 0 Å². The zero-order valence-corrected chi connectivity index (χ0v) is 11.5.